The van der Waals surface area contributed by atoms with Gasteiger partial charge in [-0.2, -0.15) is 0 Å². The van der Waals surface area contributed by atoms with E-state index >= 15 is 0 Å². The maximum absolute atomic E-state index is 12.3. The molecule has 0 aromatic heterocycles. The largest absolute Gasteiger partial charge is 0.395 e. The van der Waals surface area contributed by atoms with Gasteiger partial charge in [-0.1, -0.05) is 38.0 Å². The lowest BCUT2D eigenvalue weighted by molar-refractivity contribution is 0.00468. The average Bonchev–Trinajstić information content (AvgIpc) is 2.60. The van der Waals surface area contributed by atoms with Gasteiger partial charge in [-0.3, -0.25) is 0 Å². The van der Waals surface area contributed by atoms with Crippen LogP contribution in [0.4, 0.5) is 10.5 Å². The fourth-order valence-electron chi connectivity index (χ4n) is 3.24. The number of aliphatic hydroxyl groups is 1. The van der Waals surface area contributed by atoms with Gasteiger partial charge in [-0.15, -0.1) is 6.58 Å². The van der Waals surface area contributed by atoms with Crippen molar-refractivity contribution < 1.29 is 14.6 Å². The van der Waals surface area contributed by atoms with Crippen LogP contribution in [0.3, 0.4) is 0 Å². The number of carbonyl (C=O) groups excluding carboxylic acids is 1. The van der Waals surface area contributed by atoms with E-state index in [1.54, 1.807) is 6.08 Å². The van der Waals surface area contributed by atoms with Crippen molar-refractivity contribution in [3.05, 3.63) is 42.5 Å². The maximum Gasteiger partial charge on any atom is 0.322 e. The number of rotatable bonds is 8. The van der Waals surface area contributed by atoms with E-state index < -0.39 is 0 Å². The highest BCUT2D eigenvalue weighted by Gasteiger charge is 2.19. The zero-order chi connectivity index (χ0) is 18.1. The number of benzene rings is 1. The second-order valence-electron chi connectivity index (χ2n) is 6.79. The quantitative estimate of drug-likeness (QED) is 0.704. The number of hydrogen-bond donors (Lipinski definition) is 2. The molecule has 0 heterocycles. The summed E-state index contributed by atoms with van der Waals surface area (Å²) in [6.45, 7) is 7.09. The predicted molar refractivity (Wildman–Crippen MR) is 101 cm³/mol. The number of anilines is 1. The monoisotopic (exact) mass is 346 g/mol. The van der Waals surface area contributed by atoms with E-state index in [0.29, 0.717) is 19.3 Å². The molecule has 2 amide bonds. The van der Waals surface area contributed by atoms with E-state index in [9.17, 15) is 4.79 Å². The van der Waals surface area contributed by atoms with Crippen molar-refractivity contribution in [2.24, 2.45) is 5.92 Å². The number of hydrogen-bond acceptors (Lipinski definition) is 3. The molecule has 2 atom stereocenters. The molecule has 1 aromatic carbocycles. The SMILES string of the molecule is C=CCN(CCO)C(=O)Nc1cccc(COC2CCCC(C)C2)c1. The van der Waals surface area contributed by atoms with E-state index in [1.807, 2.05) is 24.3 Å². The summed E-state index contributed by atoms with van der Waals surface area (Å²) in [5, 5.41) is 11.9. The zero-order valence-electron chi connectivity index (χ0n) is 15.1. The molecule has 1 aliphatic carbocycles. The zero-order valence-corrected chi connectivity index (χ0v) is 15.1. The number of ether oxygens (including phenoxy) is 1. The van der Waals surface area contributed by atoms with E-state index in [2.05, 4.69) is 18.8 Å². The van der Waals surface area contributed by atoms with Gasteiger partial charge in [0.2, 0.25) is 0 Å². The van der Waals surface area contributed by atoms with Crippen LogP contribution in [-0.4, -0.2) is 41.8 Å². The van der Waals surface area contributed by atoms with Crippen LogP contribution >= 0.6 is 0 Å². The third-order valence-corrected chi connectivity index (χ3v) is 4.56. The van der Waals surface area contributed by atoms with Gasteiger partial charge in [0.15, 0.2) is 0 Å². The van der Waals surface area contributed by atoms with Crippen molar-refractivity contribution in [2.75, 3.05) is 25.0 Å². The van der Waals surface area contributed by atoms with Gasteiger partial charge < -0.3 is 20.1 Å². The molecule has 0 spiro atoms. The normalized spacial score (nSPS) is 20.1. The summed E-state index contributed by atoms with van der Waals surface area (Å²) in [5.74, 6) is 0.742. The summed E-state index contributed by atoms with van der Waals surface area (Å²) in [7, 11) is 0. The first kappa shape index (κ1) is 19.5. The van der Waals surface area contributed by atoms with Gasteiger partial charge >= 0.3 is 6.03 Å². The second-order valence-corrected chi connectivity index (χ2v) is 6.79. The smallest absolute Gasteiger partial charge is 0.322 e. The molecule has 2 unspecified atom stereocenters. The van der Waals surface area contributed by atoms with Gasteiger partial charge in [-0.05, 0) is 36.5 Å². The number of aliphatic hydroxyl groups excluding tert-OH is 1. The van der Waals surface area contributed by atoms with Crippen LogP contribution in [0.2, 0.25) is 0 Å². The molecule has 5 heteroatoms. The molecule has 25 heavy (non-hydrogen) atoms. The minimum atomic E-state index is -0.242. The third-order valence-electron chi connectivity index (χ3n) is 4.56. The number of carbonyl (C=O) groups is 1. The minimum Gasteiger partial charge on any atom is -0.395 e. The summed E-state index contributed by atoms with van der Waals surface area (Å²) in [6.07, 6.45) is 6.80. The van der Waals surface area contributed by atoms with Gasteiger partial charge in [0.25, 0.3) is 0 Å². The van der Waals surface area contributed by atoms with Crippen LogP contribution in [0.5, 0.6) is 0 Å². The first-order valence-electron chi connectivity index (χ1n) is 9.10. The summed E-state index contributed by atoms with van der Waals surface area (Å²) in [4.78, 5) is 13.8. The molecule has 0 bridgehead atoms. The first-order valence-corrected chi connectivity index (χ1v) is 9.10. The average molecular weight is 346 g/mol. The second kappa shape index (κ2) is 10.2. The molecule has 1 fully saturated rings. The molecule has 5 nitrogen and oxygen atoms in total. The summed E-state index contributed by atoms with van der Waals surface area (Å²) < 4.78 is 6.05. The Morgan fingerprint density at radius 3 is 3.04 bits per heavy atom. The summed E-state index contributed by atoms with van der Waals surface area (Å²) in [6, 6.07) is 7.48. The fourth-order valence-corrected chi connectivity index (χ4v) is 3.24. The van der Waals surface area contributed by atoms with E-state index in [-0.39, 0.29) is 19.2 Å². The Bertz CT molecular complexity index is 562. The number of nitrogens with zero attached hydrogens (tertiary/aromatic N) is 1. The van der Waals surface area contributed by atoms with E-state index in [1.165, 1.54) is 17.7 Å². The molecular formula is C20H30N2O3. The Labute approximate surface area is 150 Å². The first-order chi connectivity index (χ1) is 12.1. The number of nitrogens with one attached hydrogen (secondary N) is 1. The number of urea groups is 1. The molecule has 1 aliphatic rings. The van der Waals surface area contributed by atoms with Crippen LogP contribution in [0.1, 0.15) is 38.2 Å². The molecule has 0 saturated heterocycles. The lowest BCUT2D eigenvalue weighted by Crippen LogP contribution is -2.37. The maximum atomic E-state index is 12.3. The van der Waals surface area contributed by atoms with Gasteiger partial charge in [-0.25, -0.2) is 4.79 Å². The molecule has 2 N–H and O–H groups in total. The van der Waals surface area contributed by atoms with Crippen molar-refractivity contribution in [2.45, 2.75) is 45.3 Å². The van der Waals surface area contributed by atoms with Crippen molar-refractivity contribution >= 4 is 11.7 Å². The molecule has 0 radical (unpaired) electrons. The lowest BCUT2D eigenvalue weighted by atomic mass is 9.89. The topological polar surface area (TPSA) is 61.8 Å². The highest BCUT2D eigenvalue weighted by Crippen LogP contribution is 2.26. The summed E-state index contributed by atoms with van der Waals surface area (Å²) in [5.41, 5.74) is 1.78. The van der Waals surface area contributed by atoms with Gasteiger partial charge in [0.1, 0.15) is 0 Å². The Morgan fingerprint density at radius 1 is 1.48 bits per heavy atom. The van der Waals surface area contributed by atoms with Crippen molar-refractivity contribution in [3.63, 3.8) is 0 Å². The van der Waals surface area contributed by atoms with Crippen LogP contribution in [0.15, 0.2) is 36.9 Å². The van der Waals surface area contributed by atoms with Gasteiger partial charge in [0, 0.05) is 18.8 Å². The Kier molecular flexibility index (Phi) is 7.95. The van der Waals surface area contributed by atoms with Crippen molar-refractivity contribution in [1.82, 2.24) is 4.90 Å². The number of amides is 2. The fraction of sp³-hybridized carbons (Fsp3) is 0.550. The van der Waals surface area contributed by atoms with Crippen LogP contribution in [-0.2, 0) is 11.3 Å². The third kappa shape index (κ3) is 6.52. The molecular weight excluding hydrogens is 316 g/mol. The van der Waals surface area contributed by atoms with Crippen LogP contribution in [0, 0.1) is 5.92 Å². The molecule has 2 rings (SSSR count). The Hall–Kier alpha value is -1.85. The predicted octanol–water partition coefficient (Wildman–Crippen LogP) is 3.79. The highest BCUT2D eigenvalue weighted by molar-refractivity contribution is 5.89. The van der Waals surface area contributed by atoms with Crippen LogP contribution in [0.25, 0.3) is 0 Å². The van der Waals surface area contributed by atoms with E-state index in [4.69, 9.17) is 9.84 Å². The molecule has 1 aromatic rings. The lowest BCUT2D eigenvalue weighted by Gasteiger charge is -2.26. The Morgan fingerprint density at radius 2 is 2.32 bits per heavy atom. The van der Waals surface area contributed by atoms with Gasteiger partial charge in [0.05, 0.1) is 19.3 Å². The van der Waals surface area contributed by atoms with Crippen molar-refractivity contribution in [3.8, 4) is 0 Å². The molecule has 0 aliphatic heterocycles. The highest BCUT2D eigenvalue weighted by atomic mass is 16.5. The van der Waals surface area contributed by atoms with Crippen molar-refractivity contribution in [1.29, 1.82) is 0 Å². The molecule has 1 saturated carbocycles. The van der Waals surface area contributed by atoms with Crippen LogP contribution < -0.4 is 5.32 Å². The minimum absolute atomic E-state index is 0.0745. The molecule has 138 valence electrons. The standard InChI is InChI=1S/C20H30N2O3/c1-3-10-22(11-12-23)20(24)21-18-8-5-7-17(14-18)15-25-19-9-4-6-16(2)13-19/h3,5,7-8,14,16,19,23H,1,4,6,9-13,15H2,2H3,(H,21,24). The Balaban J connectivity index is 1.89. The van der Waals surface area contributed by atoms with E-state index in [0.717, 1.165) is 30.0 Å². The summed E-state index contributed by atoms with van der Waals surface area (Å²) >= 11 is 0.